The van der Waals surface area contributed by atoms with Gasteiger partial charge in [0.25, 0.3) is 0 Å². The molecule has 5 aliphatic rings. The standard InChI is InChI=1S/C21H30FN3O4/c22-14-9-12-17-20(18(14)24-6-2-1-3-7-24)29-16-8-11(23)4-5-15(16)25(17)10-13(19(12)26)21(27)28/h10-12,14-18,20H,1-9,23H2,(H,27,28). The molecule has 2 saturated carbocycles. The average molecular weight is 407 g/mol. The summed E-state index contributed by atoms with van der Waals surface area (Å²) in [4.78, 5) is 28.9. The largest absolute Gasteiger partial charge is 0.478 e. The molecule has 0 aromatic carbocycles. The van der Waals surface area contributed by atoms with Gasteiger partial charge in [0, 0.05) is 18.2 Å². The van der Waals surface area contributed by atoms with E-state index in [2.05, 4.69) is 9.80 Å². The van der Waals surface area contributed by atoms with E-state index in [-0.39, 0.29) is 42.3 Å². The average Bonchev–Trinajstić information content (AvgIpc) is 2.70. The predicted molar refractivity (Wildman–Crippen MR) is 103 cm³/mol. The summed E-state index contributed by atoms with van der Waals surface area (Å²) in [5.74, 6) is -2.34. The molecule has 0 bridgehead atoms. The minimum atomic E-state index is -1.23. The lowest BCUT2D eigenvalue weighted by Gasteiger charge is -2.60. The number of piperidine rings is 1. The predicted octanol–water partition coefficient (Wildman–Crippen LogP) is 1.07. The third kappa shape index (κ3) is 3.11. The molecule has 0 aromatic rings. The molecule has 0 radical (unpaired) electrons. The molecule has 8 heteroatoms. The number of aliphatic carboxylic acids is 1. The summed E-state index contributed by atoms with van der Waals surface area (Å²) in [5, 5.41) is 9.59. The van der Waals surface area contributed by atoms with Crippen LogP contribution in [0.1, 0.15) is 44.9 Å². The zero-order valence-corrected chi connectivity index (χ0v) is 16.6. The number of Topliss-reactive ketones (excluding diaryl/α,β-unsaturated/α-hetero) is 1. The van der Waals surface area contributed by atoms with Crippen LogP contribution >= 0.6 is 0 Å². The van der Waals surface area contributed by atoms with Crippen molar-refractivity contribution < 1.29 is 23.8 Å². The first-order valence-corrected chi connectivity index (χ1v) is 11.0. The van der Waals surface area contributed by atoms with Crippen molar-refractivity contribution in [3.05, 3.63) is 11.8 Å². The molecule has 2 aliphatic carbocycles. The summed E-state index contributed by atoms with van der Waals surface area (Å²) in [5.41, 5.74) is 5.98. The molecule has 29 heavy (non-hydrogen) atoms. The number of nitrogens with two attached hydrogens (primary N) is 1. The number of ketones is 1. The maximum Gasteiger partial charge on any atom is 0.340 e. The minimum absolute atomic E-state index is 0.000771. The Balaban J connectivity index is 1.55. The van der Waals surface area contributed by atoms with Gasteiger partial charge in [-0.05, 0) is 51.6 Å². The minimum Gasteiger partial charge on any atom is -0.478 e. The van der Waals surface area contributed by atoms with Gasteiger partial charge in [0.05, 0.1) is 30.3 Å². The van der Waals surface area contributed by atoms with E-state index in [9.17, 15) is 14.7 Å². The Kier molecular flexibility index (Phi) is 4.91. The van der Waals surface area contributed by atoms with Gasteiger partial charge < -0.3 is 20.5 Å². The van der Waals surface area contributed by atoms with Crippen molar-refractivity contribution in [2.24, 2.45) is 11.7 Å². The maximum atomic E-state index is 15.5. The number of fused-ring (bicyclic) bond motifs is 2. The van der Waals surface area contributed by atoms with Gasteiger partial charge in [-0.2, -0.15) is 0 Å². The van der Waals surface area contributed by atoms with Crippen LogP contribution in [0.4, 0.5) is 4.39 Å². The number of carbonyl (C=O) groups is 2. The van der Waals surface area contributed by atoms with Gasteiger partial charge in [0.1, 0.15) is 11.7 Å². The molecule has 3 heterocycles. The fourth-order valence-electron chi connectivity index (χ4n) is 6.42. The van der Waals surface area contributed by atoms with Gasteiger partial charge in [0.2, 0.25) is 0 Å². The number of morpholine rings is 1. The molecule has 8 unspecified atom stereocenters. The quantitative estimate of drug-likeness (QED) is 0.661. The fraction of sp³-hybridized carbons (Fsp3) is 0.810. The monoisotopic (exact) mass is 407 g/mol. The molecule has 0 amide bonds. The zero-order valence-electron chi connectivity index (χ0n) is 16.6. The normalized spacial score (nSPS) is 45.2. The third-order valence-electron chi connectivity index (χ3n) is 7.71. The molecule has 5 rings (SSSR count). The molecule has 8 atom stereocenters. The van der Waals surface area contributed by atoms with Gasteiger partial charge in [-0.15, -0.1) is 0 Å². The zero-order chi connectivity index (χ0) is 20.3. The van der Waals surface area contributed by atoms with E-state index < -0.39 is 29.9 Å². The van der Waals surface area contributed by atoms with Crippen LogP contribution in [0.25, 0.3) is 0 Å². The first-order chi connectivity index (χ1) is 14.0. The van der Waals surface area contributed by atoms with Crippen LogP contribution in [0.3, 0.4) is 0 Å². The maximum absolute atomic E-state index is 15.5. The Morgan fingerprint density at radius 3 is 2.66 bits per heavy atom. The van der Waals surface area contributed by atoms with Crippen molar-refractivity contribution in [3.8, 4) is 0 Å². The number of ether oxygens (including phenoxy) is 1. The molecular weight excluding hydrogens is 377 g/mol. The molecule has 0 spiro atoms. The van der Waals surface area contributed by atoms with Crippen LogP contribution in [-0.4, -0.2) is 82.3 Å². The van der Waals surface area contributed by atoms with Crippen LogP contribution in [-0.2, 0) is 14.3 Å². The smallest absolute Gasteiger partial charge is 0.340 e. The van der Waals surface area contributed by atoms with E-state index >= 15 is 4.39 Å². The SMILES string of the molecule is NC1CCC2C(C1)OC1C(N3CCCCC3)C(F)CC3C(=O)C(C(=O)O)=CN2C31. The van der Waals surface area contributed by atoms with Crippen LogP contribution in [0.5, 0.6) is 0 Å². The van der Waals surface area contributed by atoms with Crippen LogP contribution in [0.15, 0.2) is 11.8 Å². The van der Waals surface area contributed by atoms with Gasteiger partial charge in [-0.1, -0.05) is 6.42 Å². The molecule has 0 aromatic heterocycles. The Morgan fingerprint density at radius 2 is 1.93 bits per heavy atom. The van der Waals surface area contributed by atoms with Crippen molar-refractivity contribution in [2.75, 3.05) is 13.1 Å². The number of halogens is 1. The number of carboxylic acids is 1. The van der Waals surface area contributed by atoms with E-state index in [0.29, 0.717) is 6.42 Å². The molecular formula is C21H30FN3O4. The molecule has 7 nitrogen and oxygen atoms in total. The van der Waals surface area contributed by atoms with Crippen LogP contribution in [0, 0.1) is 5.92 Å². The molecule has 4 fully saturated rings. The van der Waals surface area contributed by atoms with Gasteiger partial charge in [0.15, 0.2) is 5.78 Å². The summed E-state index contributed by atoms with van der Waals surface area (Å²) in [6.45, 7) is 1.69. The van der Waals surface area contributed by atoms with Gasteiger partial charge >= 0.3 is 5.97 Å². The van der Waals surface area contributed by atoms with Gasteiger partial charge in [-0.3, -0.25) is 9.69 Å². The number of carboxylic acid groups (broad SMARTS) is 1. The Bertz CT molecular complexity index is 725. The van der Waals surface area contributed by atoms with E-state index in [1.807, 2.05) is 0 Å². The lowest BCUT2D eigenvalue weighted by Crippen LogP contribution is -2.73. The number of rotatable bonds is 2. The summed E-state index contributed by atoms with van der Waals surface area (Å²) in [7, 11) is 0. The summed E-state index contributed by atoms with van der Waals surface area (Å²) in [6, 6.07) is -0.638. The Labute approximate surface area is 170 Å². The second kappa shape index (κ2) is 7.32. The highest BCUT2D eigenvalue weighted by Crippen LogP contribution is 2.46. The molecule has 3 aliphatic heterocycles. The van der Waals surface area contributed by atoms with Gasteiger partial charge in [-0.25, -0.2) is 9.18 Å². The van der Waals surface area contributed by atoms with E-state index in [4.69, 9.17) is 10.5 Å². The summed E-state index contributed by atoms with van der Waals surface area (Å²) in [6.07, 6.45) is 5.38. The lowest BCUT2D eigenvalue weighted by atomic mass is 9.69. The first-order valence-electron chi connectivity index (χ1n) is 11.0. The molecule has 2 saturated heterocycles. The lowest BCUT2D eigenvalue weighted by molar-refractivity contribution is -0.213. The van der Waals surface area contributed by atoms with Crippen molar-refractivity contribution in [2.45, 2.75) is 87.5 Å². The Hall–Kier alpha value is -1.51. The fourth-order valence-corrected chi connectivity index (χ4v) is 6.42. The van der Waals surface area contributed by atoms with E-state index in [1.54, 1.807) is 0 Å². The highest BCUT2D eigenvalue weighted by atomic mass is 19.1. The van der Waals surface area contributed by atoms with E-state index in [0.717, 1.165) is 45.2 Å². The molecule has 160 valence electrons. The number of carbonyl (C=O) groups excluding carboxylic acids is 1. The first kappa shape index (κ1) is 19.5. The number of nitrogens with zero attached hydrogens (tertiary/aromatic N) is 2. The van der Waals surface area contributed by atoms with Crippen molar-refractivity contribution in [3.63, 3.8) is 0 Å². The second-order valence-electron chi connectivity index (χ2n) is 9.38. The van der Waals surface area contributed by atoms with Crippen molar-refractivity contribution in [1.29, 1.82) is 0 Å². The highest BCUT2D eigenvalue weighted by Gasteiger charge is 2.59. The van der Waals surface area contributed by atoms with Crippen molar-refractivity contribution in [1.82, 2.24) is 9.80 Å². The number of hydrogen-bond acceptors (Lipinski definition) is 6. The van der Waals surface area contributed by atoms with E-state index in [1.165, 1.54) is 6.20 Å². The summed E-state index contributed by atoms with van der Waals surface area (Å²) < 4.78 is 22.1. The summed E-state index contributed by atoms with van der Waals surface area (Å²) >= 11 is 0. The van der Waals surface area contributed by atoms with Crippen LogP contribution < -0.4 is 5.73 Å². The number of hydrogen-bond donors (Lipinski definition) is 2. The molecule has 3 N–H and O–H groups in total. The Morgan fingerprint density at radius 1 is 1.17 bits per heavy atom. The van der Waals surface area contributed by atoms with Crippen molar-refractivity contribution >= 4 is 11.8 Å². The topological polar surface area (TPSA) is 96.1 Å². The second-order valence-corrected chi connectivity index (χ2v) is 9.38. The number of likely N-dealkylation sites (tertiary alicyclic amines) is 1. The number of alkyl halides is 1. The third-order valence-corrected chi connectivity index (χ3v) is 7.71. The highest BCUT2D eigenvalue weighted by molar-refractivity contribution is 6.18. The van der Waals surface area contributed by atoms with Crippen LogP contribution in [0.2, 0.25) is 0 Å².